The van der Waals surface area contributed by atoms with Crippen LogP contribution < -0.4 is 20.9 Å². The molecule has 6 N–H and O–H groups in total. The summed E-state index contributed by atoms with van der Waals surface area (Å²) in [4.78, 5) is 0. The molecule has 0 amide bonds. The number of amidine groups is 2. The Labute approximate surface area is 175 Å². The molecule has 27 heavy (non-hydrogen) atoms. The quantitative estimate of drug-likeness (QED) is 0.221. The molecule has 2 rings (SSSR count). The molecule has 0 heterocycles. The minimum atomic E-state index is 0.0322. The van der Waals surface area contributed by atoms with Gasteiger partial charge in [-0.3, -0.25) is 10.8 Å². The summed E-state index contributed by atoms with van der Waals surface area (Å²) in [6, 6.07) is 10.7. The van der Waals surface area contributed by atoms with E-state index in [4.69, 9.17) is 31.8 Å². The van der Waals surface area contributed by atoms with Gasteiger partial charge in [0.1, 0.15) is 23.2 Å². The Morgan fingerprint density at radius 3 is 1.48 bits per heavy atom. The molecule has 0 fully saturated rings. The molecule has 0 aliphatic heterocycles. The summed E-state index contributed by atoms with van der Waals surface area (Å²) >= 11 is 6.87. The van der Waals surface area contributed by atoms with E-state index >= 15 is 0 Å². The largest absolute Gasteiger partial charge is 0.492 e. The van der Waals surface area contributed by atoms with Gasteiger partial charge in [-0.1, -0.05) is 0 Å². The van der Waals surface area contributed by atoms with Gasteiger partial charge >= 0.3 is 0 Å². The first kappa shape index (κ1) is 21.2. The number of nitrogens with two attached hydrogens (primary N) is 2. The normalized spacial score (nSPS) is 10.4. The molecule has 0 spiro atoms. The zero-order chi connectivity index (χ0) is 19.8. The summed E-state index contributed by atoms with van der Waals surface area (Å²) in [5.41, 5.74) is 12.3. The van der Waals surface area contributed by atoms with Gasteiger partial charge in [0.15, 0.2) is 0 Å². The first-order valence-corrected chi connectivity index (χ1v) is 10.0. The highest BCUT2D eigenvalue weighted by molar-refractivity contribution is 9.10. The fourth-order valence-corrected chi connectivity index (χ4v) is 3.30. The van der Waals surface area contributed by atoms with Crippen molar-refractivity contribution in [2.45, 2.75) is 19.3 Å². The molecule has 144 valence electrons. The molecule has 0 aliphatic carbocycles. The molecule has 2 aromatic rings. The van der Waals surface area contributed by atoms with Crippen LogP contribution in [0.4, 0.5) is 0 Å². The predicted molar refractivity (Wildman–Crippen MR) is 115 cm³/mol. The number of unbranched alkanes of at least 4 members (excludes halogenated alkanes) is 2. The van der Waals surface area contributed by atoms with Crippen molar-refractivity contribution < 1.29 is 9.47 Å². The van der Waals surface area contributed by atoms with Gasteiger partial charge in [0.05, 0.1) is 22.2 Å². The summed E-state index contributed by atoms with van der Waals surface area (Å²) in [6.07, 6.45) is 2.80. The van der Waals surface area contributed by atoms with E-state index in [1.807, 2.05) is 12.1 Å². The summed E-state index contributed by atoms with van der Waals surface area (Å²) < 4.78 is 13.1. The van der Waals surface area contributed by atoms with Crippen molar-refractivity contribution in [3.05, 3.63) is 56.5 Å². The lowest BCUT2D eigenvalue weighted by Crippen LogP contribution is -2.11. The number of ether oxygens (including phenoxy) is 2. The van der Waals surface area contributed by atoms with E-state index in [-0.39, 0.29) is 11.7 Å². The van der Waals surface area contributed by atoms with E-state index in [9.17, 15) is 0 Å². The molecule has 0 saturated carbocycles. The van der Waals surface area contributed by atoms with Gasteiger partial charge in [-0.15, -0.1) is 0 Å². The van der Waals surface area contributed by atoms with E-state index in [1.54, 1.807) is 24.3 Å². The zero-order valence-electron chi connectivity index (χ0n) is 14.7. The number of benzene rings is 2. The molecule has 0 atom stereocenters. The number of hydrogen-bond donors (Lipinski definition) is 4. The second-order valence-electron chi connectivity index (χ2n) is 5.88. The van der Waals surface area contributed by atoms with Crippen LogP contribution in [0.2, 0.25) is 0 Å². The third kappa shape index (κ3) is 6.55. The molecule has 0 unspecified atom stereocenters. The number of nitrogen functional groups attached to an aromatic ring is 2. The lowest BCUT2D eigenvalue weighted by atomic mass is 10.2. The molecule has 0 saturated heterocycles. The van der Waals surface area contributed by atoms with Gasteiger partial charge < -0.3 is 20.9 Å². The van der Waals surface area contributed by atoms with Crippen LogP contribution in [0, 0.1) is 10.8 Å². The first-order chi connectivity index (χ1) is 12.9. The van der Waals surface area contributed by atoms with Crippen LogP contribution in [-0.2, 0) is 0 Å². The van der Waals surface area contributed by atoms with Crippen LogP contribution >= 0.6 is 31.9 Å². The molecular formula is C19H22Br2N4O2. The van der Waals surface area contributed by atoms with E-state index in [1.165, 1.54) is 0 Å². The molecule has 0 radical (unpaired) electrons. The van der Waals surface area contributed by atoms with Gasteiger partial charge in [-0.25, -0.2) is 0 Å². The Balaban J connectivity index is 1.67. The third-order valence-electron chi connectivity index (χ3n) is 3.79. The second-order valence-corrected chi connectivity index (χ2v) is 7.58. The van der Waals surface area contributed by atoms with Gasteiger partial charge in [0.25, 0.3) is 0 Å². The first-order valence-electron chi connectivity index (χ1n) is 8.42. The van der Waals surface area contributed by atoms with Crippen molar-refractivity contribution in [3.63, 3.8) is 0 Å². The maximum absolute atomic E-state index is 7.43. The van der Waals surface area contributed by atoms with Crippen molar-refractivity contribution >= 4 is 43.5 Å². The number of hydrogen-bond acceptors (Lipinski definition) is 4. The average molecular weight is 498 g/mol. The Kier molecular flexibility index (Phi) is 8.12. The maximum Gasteiger partial charge on any atom is 0.133 e. The van der Waals surface area contributed by atoms with E-state index in [0.717, 1.165) is 39.7 Å². The highest BCUT2D eigenvalue weighted by Gasteiger charge is 2.06. The standard InChI is InChI=1S/C19H22Br2N4O2/c20-14-10-12(18(22)23)4-6-16(14)26-8-2-1-3-9-27-17-7-5-13(19(24)25)11-15(17)21/h4-7,10-11H,1-3,8-9H2,(H3,22,23)(H3,24,25). The Morgan fingerprint density at radius 1 is 0.741 bits per heavy atom. The number of halogens is 2. The summed E-state index contributed by atoms with van der Waals surface area (Å²) in [5, 5.41) is 14.9. The van der Waals surface area contributed by atoms with Crippen molar-refractivity contribution in [2.75, 3.05) is 13.2 Å². The zero-order valence-corrected chi connectivity index (χ0v) is 17.9. The van der Waals surface area contributed by atoms with Crippen LogP contribution in [0.3, 0.4) is 0 Å². The average Bonchev–Trinajstić information content (AvgIpc) is 2.62. The van der Waals surface area contributed by atoms with Crippen LogP contribution in [0.15, 0.2) is 45.3 Å². The minimum absolute atomic E-state index is 0.0322. The molecule has 8 heteroatoms. The number of nitrogens with one attached hydrogen (secondary N) is 2. The van der Waals surface area contributed by atoms with Gasteiger partial charge in [0, 0.05) is 11.1 Å². The van der Waals surface area contributed by atoms with Crippen molar-refractivity contribution in [3.8, 4) is 11.5 Å². The van der Waals surface area contributed by atoms with E-state index in [0.29, 0.717) is 24.3 Å². The SMILES string of the molecule is N=C(N)c1ccc(OCCCCCOc2ccc(C(=N)N)cc2Br)c(Br)c1. The molecule has 6 nitrogen and oxygen atoms in total. The predicted octanol–water partition coefficient (Wildman–Crippen LogP) is 4.41. The monoisotopic (exact) mass is 496 g/mol. The Bertz CT molecular complexity index is 760. The fourth-order valence-electron chi connectivity index (χ4n) is 2.32. The summed E-state index contributed by atoms with van der Waals surface area (Å²) in [7, 11) is 0. The number of rotatable bonds is 10. The fraction of sp³-hybridized carbons (Fsp3) is 0.263. The summed E-state index contributed by atoms with van der Waals surface area (Å²) in [5.74, 6) is 1.55. The second kappa shape index (κ2) is 10.3. The lowest BCUT2D eigenvalue weighted by Gasteiger charge is -2.11. The molecule has 0 aromatic heterocycles. The Morgan fingerprint density at radius 2 is 1.15 bits per heavy atom. The van der Waals surface area contributed by atoms with Gasteiger partial charge in [-0.05, 0) is 87.5 Å². The molecular weight excluding hydrogens is 476 g/mol. The highest BCUT2D eigenvalue weighted by atomic mass is 79.9. The smallest absolute Gasteiger partial charge is 0.133 e. The van der Waals surface area contributed by atoms with Crippen molar-refractivity contribution in [2.24, 2.45) is 11.5 Å². The summed E-state index contributed by atoms with van der Waals surface area (Å²) in [6.45, 7) is 1.21. The molecule has 0 bridgehead atoms. The molecule has 0 aliphatic rings. The van der Waals surface area contributed by atoms with Crippen LogP contribution in [-0.4, -0.2) is 24.9 Å². The topological polar surface area (TPSA) is 118 Å². The van der Waals surface area contributed by atoms with Gasteiger partial charge in [-0.2, -0.15) is 0 Å². The van der Waals surface area contributed by atoms with E-state index in [2.05, 4.69) is 31.9 Å². The highest BCUT2D eigenvalue weighted by Crippen LogP contribution is 2.27. The third-order valence-corrected chi connectivity index (χ3v) is 5.03. The van der Waals surface area contributed by atoms with Crippen molar-refractivity contribution in [1.29, 1.82) is 10.8 Å². The van der Waals surface area contributed by atoms with Crippen molar-refractivity contribution in [1.82, 2.24) is 0 Å². The van der Waals surface area contributed by atoms with Crippen LogP contribution in [0.25, 0.3) is 0 Å². The lowest BCUT2D eigenvalue weighted by molar-refractivity contribution is 0.278. The maximum atomic E-state index is 7.43. The Hall–Kier alpha value is -2.06. The molecule has 2 aromatic carbocycles. The van der Waals surface area contributed by atoms with Crippen LogP contribution in [0.5, 0.6) is 11.5 Å². The van der Waals surface area contributed by atoms with Gasteiger partial charge in [0.2, 0.25) is 0 Å². The van der Waals surface area contributed by atoms with E-state index < -0.39 is 0 Å². The van der Waals surface area contributed by atoms with Crippen LogP contribution in [0.1, 0.15) is 30.4 Å². The minimum Gasteiger partial charge on any atom is -0.492 e.